The predicted molar refractivity (Wildman–Crippen MR) is 183 cm³/mol. The molecular formula is C35H66N4O7. The van der Waals surface area contributed by atoms with Crippen LogP contribution in [-0.4, -0.2) is 61.7 Å². The zero-order valence-corrected chi connectivity index (χ0v) is 29.3. The van der Waals surface area contributed by atoms with E-state index < -0.39 is 24.0 Å². The maximum atomic E-state index is 13.0. The van der Waals surface area contributed by atoms with Gasteiger partial charge in [0.05, 0.1) is 0 Å². The van der Waals surface area contributed by atoms with E-state index in [1.165, 1.54) is 84.0 Å². The van der Waals surface area contributed by atoms with E-state index in [4.69, 9.17) is 25.7 Å². The van der Waals surface area contributed by atoms with E-state index in [9.17, 15) is 19.2 Å². The molecule has 0 aromatic carbocycles. The smallest absolute Gasteiger partial charge is 0.329 e. The third kappa shape index (κ3) is 28.6. The van der Waals surface area contributed by atoms with Crippen molar-refractivity contribution in [3.8, 4) is 0 Å². The number of guanidine groups is 1. The van der Waals surface area contributed by atoms with Crippen LogP contribution in [0.25, 0.3) is 0 Å². The molecule has 0 fully saturated rings. The molecule has 0 rings (SSSR count). The summed E-state index contributed by atoms with van der Waals surface area (Å²) in [7, 11) is 0. The number of rotatable bonds is 31. The first-order valence-corrected chi connectivity index (χ1v) is 18.0. The summed E-state index contributed by atoms with van der Waals surface area (Å²) in [5.74, 6) is -1.96. The minimum atomic E-state index is -0.999. The third-order valence-electron chi connectivity index (χ3n) is 7.72. The largest absolute Gasteiger partial charge is 0.462 e. The van der Waals surface area contributed by atoms with Crippen molar-refractivity contribution < 1.29 is 33.4 Å². The fraction of sp³-hybridized carbons (Fsp3) is 0.857. The molecule has 0 saturated carbocycles. The van der Waals surface area contributed by atoms with Crippen LogP contribution < -0.4 is 16.8 Å². The van der Waals surface area contributed by atoms with Crippen LogP contribution in [0.2, 0.25) is 0 Å². The molecular weight excluding hydrogens is 588 g/mol. The molecule has 46 heavy (non-hydrogen) atoms. The molecule has 0 heterocycles. The monoisotopic (exact) mass is 654 g/mol. The second-order valence-electron chi connectivity index (χ2n) is 12.3. The number of esters is 3. The van der Waals surface area contributed by atoms with E-state index >= 15 is 0 Å². The van der Waals surface area contributed by atoms with Crippen LogP contribution in [0.4, 0.5) is 0 Å². The first kappa shape index (κ1) is 43.1. The van der Waals surface area contributed by atoms with Gasteiger partial charge in [-0.15, -0.1) is 0 Å². The molecule has 0 spiro atoms. The van der Waals surface area contributed by atoms with E-state index in [-0.39, 0.29) is 56.9 Å². The zero-order chi connectivity index (χ0) is 34.3. The highest BCUT2D eigenvalue weighted by atomic mass is 16.6. The molecule has 11 heteroatoms. The number of hydrogen-bond donors (Lipinski definition) is 3. The molecule has 0 aliphatic carbocycles. The maximum Gasteiger partial charge on any atom is 0.329 e. The highest BCUT2D eigenvalue weighted by molar-refractivity contribution is 5.83. The summed E-state index contributed by atoms with van der Waals surface area (Å²) in [4.78, 5) is 53.5. The molecule has 1 amide bonds. The van der Waals surface area contributed by atoms with Crippen LogP contribution in [-0.2, 0) is 33.4 Å². The van der Waals surface area contributed by atoms with E-state index in [1.54, 1.807) is 0 Å². The number of ether oxygens (including phenoxy) is 3. The van der Waals surface area contributed by atoms with E-state index in [0.29, 0.717) is 6.42 Å². The summed E-state index contributed by atoms with van der Waals surface area (Å²) < 4.78 is 16.4. The molecule has 0 bridgehead atoms. The number of carbonyl (C=O) groups is 4. The molecule has 5 N–H and O–H groups in total. The van der Waals surface area contributed by atoms with Gasteiger partial charge in [-0.1, -0.05) is 117 Å². The first-order chi connectivity index (χ1) is 22.2. The van der Waals surface area contributed by atoms with Crippen molar-refractivity contribution in [3.05, 3.63) is 0 Å². The van der Waals surface area contributed by atoms with Crippen LogP contribution >= 0.6 is 0 Å². The molecule has 268 valence electrons. The number of hydrogen-bond acceptors (Lipinski definition) is 8. The van der Waals surface area contributed by atoms with E-state index in [1.807, 2.05) is 0 Å². The Kier molecular flexibility index (Phi) is 28.9. The Balaban J connectivity index is 4.81. The van der Waals surface area contributed by atoms with Crippen molar-refractivity contribution in [1.29, 1.82) is 0 Å². The number of nitrogens with zero attached hydrogens (tertiary/aromatic N) is 1. The predicted octanol–water partition coefficient (Wildman–Crippen LogP) is 6.38. The maximum absolute atomic E-state index is 13.0. The zero-order valence-electron chi connectivity index (χ0n) is 29.3. The summed E-state index contributed by atoms with van der Waals surface area (Å²) in [6, 6.07) is -0.954. The number of carbonyl (C=O) groups excluding carboxylic acids is 4. The first-order valence-electron chi connectivity index (χ1n) is 18.0. The lowest BCUT2D eigenvalue weighted by Gasteiger charge is -2.22. The highest BCUT2D eigenvalue weighted by Gasteiger charge is 2.26. The molecule has 0 aromatic rings. The standard InChI is InChI=1S/C35H66N4O7/c1-4-6-8-10-12-14-16-18-20-24-32(41)44-27-30(28-45-33(42)25-21-19-17-15-13-11-9-7-5-2)46-34(43)31(39-29(3)40)23-22-26-38-35(36)37/h30-31H,4-28H2,1-3H3,(H,39,40)(H4,36,37,38)/t31-/m0/s1. The number of amides is 1. The van der Waals surface area contributed by atoms with Crippen LogP contribution in [0.3, 0.4) is 0 Å². The van der Waals surface area contributed by atoms with Gasteiger partial charge in [0.15, 0.2) is 12.1 Å². The number of unbranched alkanes of at least 4 members (excludes halogenated alkanes) is 16. The van der Waals surface area contributed by atoms with Gasteiger partial charge >= 0.3 is 17.9 Å². The van der Waals surface area contributed by atoms with Crippen LogP contribution in [0.15, 0.2) is 4.99 Å². The van der Waals surface area contributed by atoms with E-state index in [0.717, 1.165) is 38.5 Å². The van der Waals surface area contributed by atoms with Gasteiger partial charge in [-0.3, -0.25) is 19.4 Å². The lowest BCUT2D eigenvalue weighted by atomic mass is 10.1. The molecule has 1 atom stereocenters. The Labute approximate surface area is 278 Å². The van der Waals surface area contributed by atoms with Gasteiger partial charge in [0.25, 0.3) is 0 Å². The van der Waals surface area contributed by atoms with E-state index in [2.05, 4.69) is 24.2 Å². The van der Waals surface area contributed by atoms with Crippen molar-refractivity contribution in [2.75, 3.05) is 19.8 Å². The van der Waals surface area contributed by atoms with Crippen molar-refractivity contribution in [1.82, 2.24) is 5.32 Å². The Bertz CT molecular complexity index is 796. The highest BCUT2D eigenvalue weighted by Crippen LogP contribution is 2.13. The molecule has 0 aliphatic heterocycles. The van der Waals surface area contributed by atoms with Gasteiger partial charge in [-0.2, -0.15) is 0 Å². The average molecular weight is 655 g/mol. The lowest BCUT2D eigenvalue weighted by Crippen LogP contribution is -2.43. The summed E-state index contributed by atoms with van der Waals surface area (Å²) in [6.45, 7) is 5.51. The Morgan fingerprint density at radius 1 is 0.630 bits per heavy atom. The number of nitrogens with two attached hydrogens (primary N) is 2. The van der Waals surface area contributed by atoms with Gasteiger partial charge in [-0.25, -0.2) is 4.79 Å². The Hall–Kier alpha value is -2.85. The minimum absolute atomic E-state index is 0.0628. The van der Waals surface area contributed by atoms with Gasteiger partial charge in [-0.05, 0) is 25.7 Å². The average Bonchev–Trinajstić information content (AvgIpc) is 3.01. The molecule has 11 nitrogen and oxygen atoms in total. The topological polar surface area (TPSA) is 172 Å². The SMILES string of the molecule is CCCCCCCCCCCC(=O)OCC(COC(=O)CCCCCCCCCCC)OC(=O)[C@H](CCCN=C(N)N)NC(C)=O. The summed E-state index contributed by atoms with van der Waals surface area (Å²) >= 11 is 0. The Morgan fingerprint density at radius 2 is 1.04 bits per heavy atom. The van der Waals surface area contributed by atoms with Gasteiger partial charge < -0.3 is 31.0 Å². The van der Waals surface area contributed by atoms with Crippen molar-refractivity contribution in [3.63, 3.8) is 0 Å². The summed E-state index contributed by atoms with van der Waals surface area (Å²) in [5.41, 5.74) is 10.7. The van der Waals surface area contributed by atoms with Crippen molar-refractivity contribution in [2.45, 2.75) is 174 Å². The quantitative estimate of drug-likeness (QED) is 0.0252. The molecule has 0 radical (unpaired) electrons. The fourth-order valence-corrected chi connectivity index (χ4v) is 5.04. The summed E-state index contributed by atoms with van der Waals surface area (Å²) in [5, 5.41) is 2.58. The normalized spacial score (nSPS) is 11.6. The van der Waals surface area contributed by atoms with Crippen LogP contribution in [0.5, 0.6) is 0 Å². The lowest BCUT2D eigenvalue weighted by molar-refractivity contribution is -0.168. The van der Waals surface area contributed by atoms with Crippen molar-refractivity contribution >= 4 is 29.8 Å². The Morgan fingerprint density at radius 3 is 1.43 bits per heavy atom. The molecule has 0 aromatic heterocycles. The van der Waals surface area contributed by atoms with Gasteiger partial charge in [0, 0.05) is 26.3 Å². The molecule has 0 saturated heterocycles. The second-order valence-corrected chi connectivity index (χ2v) is 12.3. The molecule has 0 aliphatic rings. The number of nitrogens with one attached hydrogen (secondary N) is 1. The van der Waals surface area contributed by atoms with Gasteiger partial charge in [0.2, 0.25) is 5.91 Å². The second kappa shape index (κ2) is 30.8. The van der Waals surface area contributed by atoms with Crippen LogP contribution in [0.1, 0.15) is 162 Å². The number of aliphatic imine (C=N–C) groups is 1. The molecule has 0 unspecified atom stereocenters. The summed E-state index contributed by atoms with van der Waals surface area (Å²) in [6.07, 6.45) is 20.7. The third-order valence-corrected chi connectivity index (χ3v) is 7.72. The van der Waals surface area contributed by atoms with Crippen LogP contribution in [0, 0.1) is 0 Å². The fourth-order valence-electron chi connectivity index (χ4n) is 5.04. The van der Waals surface area contributed by atoms with Crippen molar-refractivity contribution in [2.24, 2.45) is 16.5 Å². The minimum Gasteiger partial charge on any atom is -0.462 e. The van der Waals surface area contributed by atoms with Gasteiger partial charge in [0.1, 0.15) is 19.3 Å².